The van der Waals surface area contributed by atoms with E-state index in [2.05, 4.69) is 15.6 Å². The van der Waals surface area contributed by atoms with Gasteiger partial charge >= 0.3 is 0 Å². The minimum absolute atomic E-state index is 0.126. The van der Waals surface area contributed by atoms with Crippen LogP contribution in [0.25, 0.3) is 0 Å². The number of rotatable bonds is 6. The predicted molar refractivity (Wildman–Crippen MR) is 118 cm³/mol. The quantitative estimate of drug-likeness (QED) is 0.701. The Balaban J connectivity index is 1.45. The molecule has 1 unspecified atom stereocenters. The van der Waals surface area contributed by atoms with E-state index in [0.717, 1.165) is 12.8 Å². The van der Waals surface area contributed by atoms with Crippen LogP contribution in [0.2, 0.25) is 0 Å². The second-order valence-electron chi connectivity index (χ2n) is 9.75. The molecule has 2 saturated carbocycles. The maximum Gasteiger partial charge on any atom is 0.252 e. The Morgan fingerprint density at radius 1 is 1.10 bits per heavy atom. The normalized spacial score (nSPS) is 23.5. The largest absolute Gasteiger partial charge is 0.352 e. The summed E-state index contributed by atoms with van der Waals surface area (Å²) in [5.74, 6) is -0.530. The standard InChI is InChI=1S/C25H32FN3O2/c1-25(2)20(12-18(13-22(25)26)24(31)29-19-9-10-19)21-11-8-17(15-27-21)23(30)28-14-16-6-4-3-5-7-16/h8,11-13,15-16,19-20H,3-7,9-10,14H2,1-2H3,(H,28,30)(H,29,31). The third-order valence-corrected chi connectivity index (χ3v) is 6.84. The number of carbonyl (C=O) groups excluding carboxylic acids is 2. The van der Waals surface area contributed by atoms with Gasteiger partial charge in [0.1, 0.15) is 5.83 Å². The number of nitrogens with zero attached hydrogens (tertiary/aromatic N) is 1. The average molecular weight is 426 g/mol. The summed E-state index contributed by atoms with van der Waals surface area (Å²) in [6.45, 7) is 4.32. The molecule has 1 atom stereocenters. The molecule has 0 radical (unpaired) electrons. The summed E-state index contributed by atoms with van der Waals surface area (Å²) in [6.07, 6.45) is 12.8. The van der Waals surface area contributed by atoms with Crippen LogP contribution in [0.15, 0.2) is 41.9 Å². The van der Waals surface area contributed by atoms with E-state index >= 15 is 0 Å². The van der Waals surface area contributed by atoms with E-state index in [1.54, 1.807) is 24.4 Å². The molecule has 1 aromatic rings. The van der Waals surface area contributed by atoms with Crippen molar-refractivity contribution in [2.45, 2.75) is 70.8 Å². The Morgan fingerprint density at radius 2 is 1.84 bits per heavy atom. The molecule has 3 aliphatic carbocycles. The smallest absolute Gasteiger partial charge is 0.252 e. The summed E-state index contributed by atoms with van der Waals surface area (Å²) in [6, 6.07) is 3.72. The number of hydrogen-bond donors (Lipinski definition) is 2. The molecule has 1 heterocycles. The number of aromatic nitrogens is 1. The molecule has 3 aliphatic rings. The van der Waals surface area contributed by atoms with Gasteiger partial charge in [-0.2, -0.15) is 0 Å². The van der Waals surface area contributed by atoms with E-state index in [4.69, 9.17) is 0 Å². The highest BCUT2D eigenvalue weighted by molar-refractivity contribution is 5.97. The first-order valence-electron chi connectivity index (χ1n) is 11.5. The van der Waals surface area contributed by atoms with Crippen molar-refractivity contribution in [1.29, 1.82) is 0 Å². The molecule has 2 N–H and O–H groups in total. The molecular formula is C25H32FN3O2. The molecule has 0 aromatic carbocycles. The Morgan fingerprint density at radius 3 is 2.48 bits per heavy atom. The molecule has 166 valence electrons. The van der Waals surface area contributed by atoms with Crippen molar-refractivity contribution in [2.24, 2.45) is 11.3 Å². The van der Waals surface area contributed by atoms with E-state index in [9.17, 15) is 14.0 Å². The van der Waals surface area contributed by atoms with E-state index in [-0.39, 0.29) is 23.7 Å². The lowest BCUT2D eigenvalue weighted by Gasteiger charge is -2.34. The van der Waals surface area contributed by atoms with Gasteiger partial charge in [0.15, 0.2) is 0 Å². The van der Waals surface area contributed by atoms with Crippen LogP contribution in [0.3, 0.4) is 0 Å². The summed E-state index contributed by atoms with van der Waals surface area (Å²) in [5.41, 5.74) is 0.666. The number of carbonyl (C=O) groups is 2. The minimum atomic E-state index is -0.818. The van der Waals surface area contributed by atoms with Crippen LogP contribution in [0.5, 0.6) is 0 Å². The Hall–Kier alpha value is -2.50. The average Bonchev–Trinajstić information content (AvgIpc) is 3.58. The first-order valence-corrected chi connectivity index (χ1v) is 11.5. The fraction of sp³-hybridized carbons (Fsp3) is 0.560. The van der Waals surface area contributed by atoms with Gasteiger partial charge in [-0.05, 0) is 49.8 Å². The zero-order chi connectivity index (χ0) is 22.0. The summed E-state index contributed by atoms with van der Waals surface area (Å²) in [7, 11) is 0. The van der Waals surface area contributed by atoms with Crippen molar-refractivity contribution in [1.82, 2.24) is 15.6 Å². The van der Waals surface area contributed by atoms with Crippen LogP contribution in [0.4, 0.5) is 4.39 Å². The molecule has 6 heteroatoms. The van der Waals surface area contributed by atoms with Crippen molar-refractivity contribution in [3.05, 3.63) is 53.1 Å². The Kier molecular flexibility index (Phi) is 6.26. The van der Waals surface area contributed by atoms with E-state index in [1.807, 2.05) is 13.8 Å². The van der Waals surface area contributed by atoms with Crippen molar-refractivity contribution < 1.29 is 14.0 Å². The minimum Gasteiger partial charge on any atom is -0.352 e. The molecule has 2 fully saturated rings. The van der Waals surface area contributed by atoms with Crippen molar-refractivity contribution in [2.75, 3.05) is 6.54 Å². The summed E-state index contributed by atoms with van der Waals surface area (Å²) in [5, 5.41) is 5.94. The number of pyridine rings is 1. The molecule has 0 bridgehead atoms. The number of hydrogen-bond acceptors (Lipinski definition) is 3. The van der Waals surface area contributed by atoms with Gasteiger partial charge in [-0.25, -0.2) is 4.39 Å². The van der Waals surface area contributed by atoms with Crippen LogP contribution < -0.4 is 10.6 Å². The monoisotopic (exact) mass is 425 g/mol. The van der Waals surface area contributed by atoms with Gasteiger partial charge in [0.05, 0.1) is 5.56 Å². The number of halogens is 1. The summed E-state index contributed by atoms with van der Waals surface area (Å²) < 4.78 is 14.9. The van der Waals surface area contributed by atoms with Gasteiger partial charge in [0.2, 0.25) is 0 Å². The van der Waals surface area contributed by atoms with Crippen molar-refractivity contribution in [3.63, 3.8) is 0 Å². The lowest BCUT2D eigenvalue weighted by atomic mass is 9.71. The van der Waals surface area contributed by atoms with Crippen LogP contribution in [-0.2, 0) is 4.79 Å². The molecule has 31 heavy (non-hydrogen) atoms. The zero-order valence-corrected chi connectivity index (χ0v) is 18.4. The first-order chi connectivity index (χ1) is 14.8. The second kappa shape index (κ2) is 8.93. The molecule has 0 aliphatic heterocycles. The Bertz CT molecular complexity index is 894. The van der Waals surface area contributed by atoms with Crippen LogP contribution in [0, 0.1) is 11.3 Å². The maximum atomic E-state index is 14.9. The molecule has 0 saturated heterocycles. The number of nitrogens with one attached hydrogen (secondary N) is 2. The van der Waals surface area contributed by atoms with E-state index in [0.29, 0.717) is 29.3 Å². The highest BCUT2D eigenvalue weighted by Gasteiger charge is 2.39. The van der Waals surface area contributed by atoms with Gasteiger partial charge in [-0.15, -0.1) is 0 Å². The van der Waals surface area contributed by atoms with Gasteiger partial charge in [0.25, 0.3) is 11.8 Å². The third-order valence-electron chi connectivity index (χ3n) is 6.84. The summed E-state index contributed by atoms with van der Waals surface area (Å²) in [4.78, 5) is 29.5. The number of allylic oxidation sites excluding steroid dienone is 2. The van der Waals surface area contributed by atoms with Gasteiger partial charge in [-0.1, -0.05) is 39.2 Å². The van der Waals surface area contributed by atoms with Crippen LogP contribution in [0.1, 0.15) is 80.8 Å². The third kappa shape index (κ3) is 5.05. The fourth-order valence-corrected chi connectivity index (χ4v) is 4.45. The maximum absolute atomic E-state index is 14.9. The second-order valence-corrected chi connectivity index (χ2v) is 9.75. The van der Waals surface area contributed by atoms with E-state index in [1.165, 1.54) is 38.2 Å². The van der Waals surface area contributed by atoms with Gasteiger partial charge in [0, 0.05) is 41.4 Å². The molecule has 1 aromatic heterocycles. The molecule has 4 rings (SSSR count). The highest BCUT2D eigenvalue weighted by atomic mass is 19.1. The van der Waals surface area contributed by atoms with Gasteiger partial charge < -0.3 is 10.6 Å². The topological polar surface area (TPSA) is 71.1 Å². The summed E-state index contributed by atoms with van der Waals surface area (Å²) >= 11 is 0. The zero-order valence-electron chi connectivity index (χ0n) is 18.4. The van der Waals surface area contributed by atoms with Crippen molar-refractivity contribution in [3.8, 4) is 0 Å². The number of amides is 2. The lowest BCUT2D eigenvalue weighted by molar-refractivity contribution is -0.117. The van der Waals surface area contributed by atoms with Gasteiger partial charge in [-0.3, -0.25) is 14.6 Å². The van der Waals surface area contributed by atoms with Crippen LogP contribution in [-0.4, -0.2) is 29.4 Å². The highest BCUT2D eigenvalue weighted by Crippen LogP contribution is 2.46. The van der Waals surface area contributed by atoms with Crippen molar-refractivity contribution >= 4 is 11.8 Å². The van der Waals surface area contributed by atoms with Crippen LogP contribution >= 0.6 is 0 Å². The molecular weight excluding hydrogens is 393 g/mol. The lowest BCUT2D eigenvalue weighted by Crippen LogP contribution is -2.32. The van der Waals surface area contributed by atoms with E-state index < -0.39 is 11.3 Å². The predicted octanol–water partition coefficient (Wildman–Crippen LogP) is 4.57. The SMILES string of the molecule is CC1(C)C(F)=CC(C(=O)NC2CC2)=CC1c1ccc(C(=O)NCC2CCCCC2)cn1. The first kappa shape index (κ1) is 21.7. The molecule has 2 amide bonds. The molecule has 5 nitrogen and oxygen atoms in total. The Labute approximate surface area is 183 Å². The molecule has 0 spiro atoms. The fourth-order valence-electron chi connectivity index (χ4n) is 4.45.